The number of carboxylic acids is 1. The Morgan fingerprint density at radius 2 is 2.10 bits per heavy atom. The quantitative estimate of drug-likeness (QED) is 0.606. The molecule has 0 saturated heterocycles. The molecule has 0 bridgehead atoms. The predicted octanol–water partition coefficient (Wildman–Crippen LogP) is -1.90. The molecule has 1 aliphatic heterocycles. The van der Waals surface area contributed by atoms with Crippen molar-refractivity contribution in [3.63, 3.8) is 0 Å². The molecule has 0 radical (unpaired) electrons. The molecule has 0 aliphatic carbocycles. The van der Waals surface area contributed by atoms with E-state index in [0.29, 0.717) is 23.1 Å². The number of aromatic nitrogens is 2. The molecule has 1 aromatic carbocycles. The van der Waals surface area contributed by atoms with E-state index in [4.69, 9.17) is 16.3 Å². The summed E-state index contributed by atoms with van der Waals surface area (Å²) in [6, 6.07) is 4.96. The molecule has 0 amide bonds. The first-order valence-corrected chi connectivity index (χ1v) is 6.02. The van der Waals surface area contributed by atoms with Crippen LogP contribution in [0.5, 0.6) is 5.75 Å². The van der Waals surface area contributed by atoms with Crippen LogP contribution in [0.4, 0.5) is 0 Å². The van der Waals surface area contributed by atoms with Gasteiger partial charge in [-0.25, -0.2) is 9.97 Å². The van der Waals surface area contributed by atoms with Gasteiger partial charge in [-0.2, -0.15) is 0 Å². The minimum absolute atomic E-state index is 0. The van der Waals surface area contributed by atoms with E-state index < -0.39 is 5.97 Å². The van der Waals surface area contributed by atoms with Gasteiger partial charge in [-0.3, -0.25) is 0 Å². The average Bonchev–Trinajstić information content (AvgIpc) is 2.87. The molecule has 96 valence electrons. The van der Waals surface area contributed by atoms with Gasteiger partial charge in [-0.1, -0.05) is 11.6 Å². The molecule has 0 N–H and O–H groups in total. The number of carboxylic acid groups (broad SMARTS) is 1. The van der Waals surface area contributed by atoms with Crippen LogP contribution in [0.15, 0.2) is 24.5 Å². The topological polar surface area (TPSA) is 75.1 Å². The van der Waals surface area contributed by atoms with Gasteiger partial charge in [0.2, 0.25) is 0 Å². The third-order valence-electron chi connectivity index (χ3n) is 2.91. The van der Waals surface area contributed by atoms with Crippen molar-refractivity contribution in [2.45, 2.75) is 6.42 Å². The van der Waals surface area contributed by atoms with E-state index in [9.17, 15) is 9.90 Å². The zero-order valence-electron chi connectivity index (χ0n) is 10.7. The van der Waals surface area contributed by atoms with Gasteiger partial charge >= 0.3 is 29.6 Å². The van der Waals surface area contributed by atoms with Gasteiger partial charge in [-0.05, 0) is 23.8 Å². The summed E-state index contributed by atoms with van der Waals surface area (Å²) in [5.41, 5.74) is 2.07. The normalized spacial score (nSPS) is 12.2. The van der Waals surface area contributed by atoms with Crippen LogP contribution < -0.4 is 39.4 Å². The summed E-state index contributed by atoms with van der Waals surface area (Å²) in [5, 5.41) is 11.3. The Hall–Kier alpha value is -1.14. The molecule has 7 heteroatoms. The second-order valence-corrected chi connectivity index (χ2v) is 4.53. The van der Waals surface area contributed by atoms with Crippen LogP contribution in [0, 0.1) is 0 Å². The molecule has 2 heterocycles. The zero-order valence-corrected chi connectivity index (χ0v) is 13.5. The van der Waals surface area contributed by atoms with E-state index in [1.165, 1.54) is 12.4 Å². The molecule has 1 aliphatic rings. The summed E-state index contributed by atoms with van der Waals surface area (Å²) in [7, 11) is 0. The summed E-state index contributed by atoms with van der Waals surface area (Å²) < 4.78 is 5.41. The van der Waals surface area contributed by atoms with Crippen LogP contribution >= 0.6 is 11.6 Å². The van der Waals surface area contributed by atoms with Gasteiger partial charge in [0.25, 0.3) is 0 Å². The summed E-state index contributed by atoms with van der Waals surface area (Å²) in [6.07, 6.45) is 1.97. The SMILES string of the molecule is O=C([O-])c1cc(-c2cc(Cl)c3c(c2)CCO3)ncn1.[Na+]. The van der Waals surface area contributed by atoms with Gasteiger partial charge in [0.15, 0.2) is 0 Å². The smallest absolute Gasteiger partial charge is 0.543 e. The number of benzene rings is 1. The number of hydrogen-bond acceptors (Lipinski definition) is 5. The fourth-order valence-corrected chi connectivity index (χ4v) is 2.33. The minimum atomic E-state index is -1.33. The van der Waals surface area contributed by atoms with Crippen molar-refractivity contribution in [1.82, 2.24) is 9.97 Å². The van der Waals surface area contributed by atoms with Gasteiger partial charge in [0.05, 0.1) is 29.0 Å². The van der Waals surface area contributed by atoms with Crippen LogP contribution in [-0.2, 0) is 6.42 Å². The Kier molecular flexibility index (Phi) is 4.65. The van der Waals surface area contributed by atoms with Crippen LogP contribution in [0.1, 0.15) is 16.1 Å². The third-order valence-corrected chi connectivity index (χ3v) is 3.19. The monoisotopic (exact) mass is 298 g/mol. The van der Waals surface area contributed by atoms with Crippen molar-refractivity contribution in [3.05, 3.63) is 40.8 Å². The molecule has 0 unspecified atom stereocenters. The summed E-state index contributed by atoms with van der Waals surface area (Å²) in [5.74, 6) is -0.640. The first kappa shape index (κ1) is 15.3. The van der Waals surface area contributed by atoms with Crippen molar-refractivity contribution in [1.29, 1.82) is 0 Å². The Morgan fingerprint density at radius 3 is 2.85 bits per heavy atom. The molecule has 1 aromatic heterocycles. The third kappa shape index (κ3) is 2.81. The maximum Gasteiger partial charge on any atom is 1.00 e. The van der Waals surface area contributed by atoms with Crippen LogP contribution in [0.2, 0.25) is 5.02 Å². The first-order chi connectivity index (χ1) is 9.15. The molecule has 0 saturated carbocycles. The van der Waals surface area contributed by atoms with Gasteiger partial charge in [0, 0.05) is 12.0 Å². The van der Waals surface area contributed by atoms with E-state index in [1.807, 2.05) is 6.07 Å². The van der Waals surface area contributed by atoms with E-state index in [2.05, 4.69) is 9.97 Å². The predicted molar refractivity (Wildman–Crippen MR) is 66.0 cm³/mol. The number of hydrogen-bond donors (Lipinski definition) is 0. The number of nitrogens with zero attached hydrogens (tertiary/aromatic N) is 2. The average molecular weight is 299 g/mol. The van der Waals surface area contributed by atoms with E-state index in [-0.39, 0.29) is 35.3 Å². The van der Waals surface area contributed by atoms with Crippen LogP contribution in [0.3, 0.4) is 0 Å². The van der Waals surface area contributed by atoms with E-state index >= 15 is 0 Å². The Labute approximate surface area is 142 Å². The van der Waals surface area contributed by atoms with Crippen molar-refractivity contribution < 1.29 is 44.2 Å². The second-order valence-electron chi connectivity index (χ2n) is 4.12. The fraction of sp³-hybridized carbons (Fsp3) is 0.154. The largest absolute Gasteiger partial charge is 1.00 e. The summed E-state index contributed by atoms with van der Waals surface area (Å²) >= 11 is 6.13. The number of rotatable bonds is 2. The fourth-order valence-electron chi connectivity index (χ4n) is 2.04. The van der Waals surface area contributed by atoms with Gasteiger partial charge < -0.3 is 14.6 Å². The number of carbonyl (C=O) groups excluding carboxylic acids is 1. The van der Waals surface area contributed by atoms with Crippen molar-refractivity contribution in [3.8, 4) is 17.0 Å². The van der Waals surface area contributed by atoms with Gasteiger partial charge in [0.1, 0.15) is 12.1 Å². The maximum atomic E-state index is 10.8. The summed E-state index contributed by atoms with van der Waals surface area (Å²) in [4.78, 5) is 18.5. The molecular weight excluding hydrogens is 291 g/mol. The number of aromatic carboxylic acids is 1. The molecular formula is C13H8ClN2NaO3. The Bertz CT molecular complexity index is 679. The second kappa shape index (κ2) is 6.10. The molecule has 3 rings (SSSR count). The van der Waals surface area contributed by atoms with Crippen molar-refractivity contribution in [2.75, 3.05) is 6.61 Å². The number of fused-ring (bicyclic) bond motifs is 1. The standard InChI is InChI=1S/C13H9ClN2O3.Na/c14-9-4-8(3-7-1-2-19-12(7)9)10-5-11(13(17)18)16-6-15-10;/h3-6H,1-2H2,(H,17,18);/q;+1/p-1. The number of ether oxygens (including phenoxy) is 1. The van der Waals surface area contributed by atoms with E-state index in [0.717, 1.165) is 17.5 Å². The van der Waals surface area contributed by atoms with Crippen molar-refractivity contribution in [2.24, 2.45) is 0 Å². The minimum Gasteiger partial charge on any atom is -0.543 e. The molecule has 0 spiro atoms. The maximum absolute atomic E-state index is 10.8. The Morgan fingerprint density at radius 1 is 1.30 bits per heavy atom. The number of halogens is 1. The van der Waals surface area contributed by atoms with E-state index in [1.54, 1.807) is 6.07 Å². The Balaban J connectivity index is 0.00000147. The summed E-state index contributed by atoms with van der Waals surface area (Å²) in [6.45, 7) is 0.604. The number of carbonyl (C=O) groups is 1. The molecule has 0 fully saturated rings. The van der Waals surface area contributed by atoms with Crippen LogP contribution in [0.25, 0.3) is 11.3 Å². The van der Waals surface area contributed by atoms with Gasteiger partial charge in [-0.15, -0.1) is 0 Å². The van der Waals surface area contributed by atoms with Crippen molar-refractivity contribution >= 4 is 17.6 Å². The zero-order chi connectivity index (χ0) is 13.4. The molecule has 5 nitrogen and oxygen atoms in total. The molecule has 20 heavy (non-hydrogen) atoms. The molecule has 2 aromatic rings. The molecule has 0 atom stereocenters. The van der Waals surface area contributed by atoms with Crippen LogP contribution in [-0.4, -0.2) is 22.5 Å². The first-order valence-electron chi connectivity index (χ1n) is 5.64.